The van der Waals surface area contributed by atoms with Crippen LogP contribution >= 0.6 is 11.8 Å². The molecule has 1 aliphatic rings. The Morgan fingerprint density at radius 3 is 2.38 bits per heavy atom. The highest BCUT2D eigenvalue weighted by molar-refractivity contribution is 7.99. The molecule has 0 saturated carbocycles. The summed E-state index contributed by atoms with van der Waals surface area (Å²) in [6.07, 6.45) is 0. The molecular weight excluding hydrogens is 314 g/mol. The quantitative estimate of drug-likeness (QED) is 0.500. The van der Waals surface area contributed by atoms with E-state index in [-0.39, 0.29) is 0 Å². The lowest BCUT2D eigenvalue weighted by Crippen LogP contribution is -2.00. The van der Waals surface area contributed by atoms with E-state index in [2.05, 4.69) is 54.4 Å². The van der Waals surface area contributed by atoms with E-state index in [0.29, 0.717) is 0 Å². The van der Waals surface area contributed by atoms with Gasteiger partial charge in [-0.2, -0.15) is 0 Å². The van der Waals surface area contributed by atoms with E-state index < -0.39 is 0 Å². The number of nitrogens with one attached hydrogen (secondary N) is 1. The lowest BCUT2D eigenvalue weighted by Gasteiger charge is -2.21. The van der Waals surface area contributed by atoms with Gasteiger partial charge in [0.15, 0.2) is 0 Å². The van der Waals surface area contributed by atoms with Crippen molar-refractivity contribution in [1.82, 2.24) is 0 Å². The maximum atomic E-state index is 5.22. The van der Waals surface area contributed by atoms with E-state index in [1.165, 1.54) is 9.79 Å². The van der Waals surface area contributed by atoms with Crippen molar-refractivity contribution in [2.45, 2.75) is 9.79 Å². The first-order valence-corrected chi connectivity index (χ1v) is 8.58. The van der Waals surface area contributed by atoms with Crippen LogP contribution in [-0.4, -0.2) is 7.11 Å². The van der Waals surface area contributed by atoms with Crippen molar-refractivity contribution >= 4 is 28.7 Å². The summed E-state index contributed by atoms with van der Waals surface area (Å²) in [6.45, 7) is 4.27. The van der Waals surface area contributed by atoms with Crippen LogP contribution in [0.4, 0.5) is 11.4 Å². The average Bonchev–Trinajstić information content (AvgIpc) is 2.65. The molecule has 0 spiro atoms. The predicted octanol–water partition coefficient (Wildman–Crippen LogP) is 5.96. The lowest BCUT2D eigenvalue weighted by molar-refractivity contribution is 0.415. The number of hydrogen-bond donors (Lipinski definition) is 1. The third kappa shape index (κ3) is 2.68. The zero-order chi connectivity index (χ0) is 16.5. The van der Waals surface area contributed by atoms with Gasteiger partial charge in [0.2, 0.25) is 0 Å². The fourth-order valence-corrected chi connectivity index (χ4v) is 3.75. The fourth-order valence-electron chi connectivity index (χ4n) is 2.79. The van der Waals surface area contributed by atoms with Gasteiger partial charge in [0.25, 0.3) is 0 Å². The smallest absolute Gasteiger partial charge is 0.118 e. The summed E-state index contributed by atoms with van der Waals surface area (Å²) in [5.41, 5.74) is 5.50. The normalized spacial score (nSPS) is 11.9. The molecule has 0 aromatic heterocycles. The summed E-state index contributed by atoms with van der Waals surface area (Å²) in [6, 6.07) is 22.8. The summed E-state index contributed by atoms with van der Waals surface area (Å²) < 4.78 is 5.22. The minimum absolute atomic E-state index is 0.853. The number of ether oxygens (including phenoxy) is 1. The Kier molecular flexibility index (Phi) is 3.79. The summed E-state index contributed by atoms with van der Waals surface area (Å²) in [4.78, 5) is 2.49. The number of hydrogen-bond acceptors (Lipinski definition) is 3. The van der Waals surface area contributed by atoms with Crippen molar-refractivity contribution in [3.05, 3.63) is 84.4 Å². The predicted molar refractivity (Wildman–Crippen MR) is 101 cm³/mol. The van der Waals surface area contributed by atoms with Gasteiger partial charge in [-0.25, -0.2) is 0 Å². The van der Waals surface area contributed by atoms with Gasteiger partial charge < -0.3 is 10.1 Å². The van der Waals surface area contributed by atoms with Crippen LogP contribution in [0.2, 0.25) is 0 Å². The van der Waals surface area contributed by atoms with Crippen LogP contribution in [-0.2, 0) is 0 Å². The van der Waals surface area contributed by atoms with Crippen LogP contribution in [0, 0.1) is 0 Å². The molecule has 24 heavy (non-hydrogen) atoms. The van der Waals surface area contributed by atoms with Crippen LogP contribution in [0.15, 0.2) is 83.1 Å². The van der Waals surface area contributed by atoms with Crippen LogP contribution in [0.5, 0.6) is 5.75 Å². The first-order chi connectivity index (χ1) is 11.7. The fraction of sp³-hybridized carbons (Fsp3) is 0.0476. The molecule has 0 unspecified atom stereocenters. The molecule has 0 aliphatic carbocycles. The number of fused-ring (bicyclic) bond motifs is 2. The highest BCUT2D eigenvalue weighted by atomic mass is 32.2. The highest BCUT2D eigenvalue weighted by Gasteiger charge is 2.16. The lowest BCUT2D eigenvalue weighted by atomic mass is 9.99. The Balaban J connectivity index is 1.65. The van der Waals surface area contributed by atoms with Gasteiger partial charge in [-0.05, 0) is 53.1 Å². The molecule has 2 nitrogen and oxygen atoms in total. The molecule has 3 aromatic carbocycles. The van der Waals surface area contributed by atoms with Gasteiger partial charge in [0.05, 0.1) is 18.5 Å². The molecule has 1 aliphatic heterocycles. The molecule has 0 radical (unpaired) electrons. The number of rotatable bonds is 3. The van der Waals surface area contributed by atoms with E-state index in [1.807, 2.05) is 24.3 Å². The molecule has 0 amide bonds. The van der Waals surface area contributed by atoms with E-state index >= 15 is 0 Å². The van der Waals surface area contributed by atoms with E-state index in [9.17, 15) is 0 Å². The zero-order valence-corrected chi connectivity index (χ0v) is 14.2. The molecule has 0 fully saturated rings. The summed E-state index contributed by atoms with van der Waals surface area (Å²) in [7, 11) is 1.68. The maximum Gasteiger partial charge on any atom is 0.118 e. The second-order valence-corrected chi connectivity index (χ2v) is 6.72. The Labute approximate surface area is 146 Å². The van der Waals surface area contributed by atoms with Gasteiger partial charge in [0, 0.05) is 9.79 Å². The molecule has 1 N–H and O–H groups in total. The highest BCUT2D eigenvalue weighted by Crippen LogP contribution is 2.44. The summed E-state index contributed by atoms with van der Waals surface area (Å²) in [5, 5.41) is 3.52. The van der Waals surface area contributed by atoms with Crippen molar-refractivity contribution in [3.8, 4) is 5.75 Å². The Bertz CT molecular complexity index is 915. The minimum Gasteiger partial charge on any atom is -0.497 e. The summed E-state index contributed by atoms with van der Waals surface area (Å²) in [5.74, 6) is 0.853. The first-order valence-electron chi connectivity index (χ1n) is 7.76. The molecule has 3 aromatic rings. The van der Waals surface area contributed by atoms with Crippen molar-refractivity contribution in [2.75, 3.05) is 12.4 Å². The topological polar surface area (TPSA) is 21.3 Å². The molecule has 0 bridgehead atoms. The molecule has 4 rings (SSSR count). The second-order valence-electron chi connectivity index (χ2n) is 5.64. The van der Waals surface area contributed by atoms with Crippen molar-refractivity contribution in [3.63, 3.8) is 0 Å². The van der Waals surface area contributed by atoms with E-state index in [1.54, 1.807) is 18.9 Å². The maximum absolute atomic E-state index is 5.22. The number of para-hydroxylation sites is 1. The largest absolute Gasteiger partial charge is 0.497 e. The van der Waals surface area contributed by atoms with Crippen LogP contribution < -0.4 is 10.1 Å². The summed E-state index contributed by atoms with van der Waals surface area (Å²) >= 11 is 1.79. The van der Waals surface area contributed by atoms with Gasteiger partial charge in [-0.15, -0.1) is 0 Å². The molecular formula is C21H17NOS. The Morgan fingerprint density at radius 2 is 1.58 bits per heavy atom. The van der Waals surface area contributed by atoms with Gasteiger partial charge >= 0.3 is 0 Å². The van der Waals surface area contributed by atoms with Crippen molar-refractivity contribution in [2.24, 2.45) is 0 Å². The average molecular weight is 331 g/mol. The van der Waals surface area contributed by atoms with Crippen molar-refractivity contribution in [1.29, 1.82) is 0 Å². The van der Waals surface area contributed by atoms with Crippen LogP contribution in [0.1, 0.15) is 11.1 Å². The number of anilines is 2. The van der Waals surface area contributed by atoms with Gasteiger partial charge in [-0.3, -0.25) is 0 Å². The van der Waals surface area contributed by atoms with Gasteiger partial charge in [0.1, 0.15) is 5.75 Å². The number of methoxy groups -OCH3 is 1. The third-order valence-corrected chi connectivity index (χ3v) is 5.29. The molecule has 0 atom stereocenters. The van der Waals surface area contributed by atoms with Crippen LogP contribution in [0.25, 0.3) is 5.57 Å². The number of benzene rings is 3. The molecule has 118 valence electrons. The second kappa shape index (κ2) is 6.10. The molecule has 1 heterocycles. The third-order valence-electron chi connectivity index (χ3n) is 4.14. The zero-order valence-electron chi connectivity index (χ0n) is 13.4. The van der Waals surface area contributed by atoms with Gasteiger partial charge in [-0.1, -0.05) is 48.7 Å². The Hall–Kier alpha value is -2.65. The SMILES string of the molecule is C=C(c1ccc(OC)cc1)c1ccc2c(c1)Nc1ccccc1S2. The van der Waals surface area contributed by atoms with E-state index in [4.69, 9.17) is 4.74 Å². The molecule has 3 heteroatoms. The standard InChI is InChI=1S/C21H17NOS/c1-14(15-7-10-17(23-2)11-8-15)16-9-12-21-19(13-16)22-18-5-3-4-6-20(18)24-21/h3-13,22H,1H2,2H3. The monoisotopic (exact) mass is 331 g/mol. The van der Waals surface area contributed by atoms with E-state index in [0.717, 1.165) is 33.8 Å². The minimum atomic E-state index is 0.853. The Morgan fingerprint density at radius 1 is 0.875 bits per heavy atom. The van der Waals surface area contributed by atoms with Crippen LogP contribution in [0.3, 0.4) is 0 Å². The molecule has 0 saturated heterocycles. The van der Waals surface area contributed by atoms with Crippen molar-refractivity contribution < 1.29 is 4.74 Å². The first kappa shape index (κ1) is 14.9.